The molecule has 9 nitrogen and oxygen atoms in total. The predicted octanol–water partition coefficient (Wildman–Crippen LogP) is 0.236. The Balaban J connectivity index is 1.42. The highest BCUT2D eigenvalue weighted by molar-refractivity contribution is 6.10. The summed E-state index contributed by atoms with van der Waals surface area (Å²) in [6.45, 7) is -0.503. The Hall–Kier alpha value is -3.75. The summed E-state index contributed by atoms with van der Waals surface area (Å²) in [4.78, 5) is 54.1. The second-order valence-corrected chi connectivity index (χ2v) is 6.60. The van der Waals surface area contributed by atoms with E-state index in [9.17, 15) is 19.2 Å². The first-order chi connectivity index (χ1) is 13.5. The molecule has 1 saturated heterocycles. The summed E-state index contributed by atoms with van der Waals surface area (Å²) in [5.74, 6) is -1.77. The summed E-state index contributed by atoms with van der Waals surface area (Å²) >= 11 is 0. The summed E-state index contributed by atoms with van der Waals surface area (Å²) in [5.41, 5.74) is 5.18. The number of imide groups is 1. The zero-order valence-corrected chi connectivity index (χ0v) is 14.8. The van der Waals surface area contributed by atoms with Gasteiger partial charge in [-0.3, -0.25) is 35.1 Å². The summed E-state index contributed by atoms with van der Waals surface area (Å²) in [6.07, 6.45) is 2.57. The number of aryl methyl sites for hydroxylation is 1. The molecule has 2 aliphatic rings. The normalized spacial score (nSPS) is 20.1. The predicted molar refractivity (Wildman–Crippen MR) is 96.5 cm³/mol. The van der Waals surface area contributed by atoms with E-state index in [1.165, 1.54) is 12.3 Å². The number of nitrogens with one attached hydrogen (secondary N) is 3. The minimum atomic E-state index is -1.12. The van der Waals surface area contributed by atoms with Crippen LogP contribution in [0.4, 0.5) is 4.79 Å². The molecule has 0 saturated carbocycles. The molecule has 1 aliphatic carbocycles. The summed E-state index contributed by atoms with van der Waals surface area (Å²) in [7, 11) is 0. The fourth-order valence-corrected chi connectivity index (χ4v) is 3.60. The van der Waals surface area contributed by atoms with E-state index in [4.69, 9.17) is 0 Å². The van der Waals surface area contributed by atoms with Crippen molar-refractivity contribution in [3.8, 4) is 0 Å². The van der Waals surface area contributed by atoms with E-state index in [0.29, 0.717) is 12.8 Å². The van der Waals surface area contributed by atoms with E-state index >= 15 is 0 Å². The highest BCUT2D eigenvalue weighted by Crippen LogP contribution is 2.41. The van der Waals surface area contributed by atoms with Gasteiger partial charge >= 0.3 is 6.03 Å². The van der Waals surface area contributed by atoms with Crippen molar-refractivity contribution in [3.05, 3.63) is 65.5 Å². The van der Waals surface area contributed by atoms with Crippen molar-refractivity contribution >= 4 is 23.8 Å². The topological polar surface area (TPSA) is 121 Å². The average molecular weight is 379 g/mol. The van der Waals surface area contributed by atoms with Crippen LogP contribution in [0.5, 0.6) is 0 Å². The van der Waals surface area contributed by atoms with Crippen molar-refractivity contribution in [3.63, 3.8) is 0 Å². The van der Waals surface area contributed by atoms with Gasteiger partial charge in [-0.2, -0.15) is 0 Å². The maximum Gasteiger partial charge on any atom is 0.325 e. The van der Waals surface area contributed by atoms with Crippen LogP contribution < -0.4 is 16.2 Å². The molecule has 5 amide bonds. The standard InChI is InChI=1S/C19H17N5O4/c25-15(22-23-16(26)14-7-3-4-10-20-14)11-24-17(27)19(21-18(24)28)9-8-12-5-1-2-6-13(12)19/h1-7,10H,8-9,11H2,(H,21,28)(H,22,25)(H,23,26). The molecular formula is C19H17N5O4. The van der Waals surface area contributed by atoms with Gasteiger partial charge < -0.3 is 5.32 Å². The van der Waals surface area contributed by atoms with Crippen LogP contribution in [0, 0.1) is 0 Å². The number of nitrogens with zero attached hydrogens (tertiary/aromatic N) is 2. The fourth-order valence-electron chi connectivity index (χ4n) is 3.60. The van der Waals surface area contributed by atoms with E-state index in [2.05, 4.69) is 21.2 Å². The molecule has 9 heteroatoms. The van der Waals surface area contributed by atoms with Crippen molar-refractivity contribution in [2.24, 2.45) is 0 Å². The number of amides is 5. The number of hydrogen-bond donors (Lipinski definition) is 3. The third-order valence-electron chi connectivity index (χ3n) is 4.94. The summed E-state index contributed by atoms with van der Waals surface area (Å²) < 4.78 is 0. The van der Waals surface area contributed by atoms with Gasteiger partial charge in [-0.25, -0.2) is 4.79 Å². The molecule has 0 bridgehead atoms. The number of hydrazine groups is 1. The van der Waals surface area contributed by atoms with Gasteiger partial charge in [0.05, 0.1) is 0 Å². The van der Waals surface area contributed by atoms with Crippen LogP contribution in [0.15, 0.2) is 48.7 Å². The molecule has 1 unspecified atom stereocenters. The van der Waals surface area contributed by atoms with Crippen molar-refractivity contribution in [2.75, 3.05) is 6.54 Å². The molecular weight excluding hydrogens is 362 g/mol. The molecule has 1 spiro atoms. The lowest BCUT2D eigenvalue weighted by Gasteiger charge is -2.22. The van der Waals surface area contributed by atoms with Crippen LogP contribution in [0.2, 0.25) is 0 Å². The van der Waals surface area contributed by atoms with Crippen molar-refractivity contribution in [2.45, 2.75) is 18.4 Å². The summed E-state index contributed by atoms with van der Waals surface area (Å²) in [5, 5.41) is 2.74. The minimum Gasteiger partial charge on any atom is -0.319 e. The van der Waals surface area contributed by atoms with Gasteiger partial charge in [0, 0.05) is 6.20 Å². The Morgan fingerprint density at radius 2 is 1.89 bits per heavy atom. The highest BCUT2D eigenvalue weighted by Gasteiger charge is 2.55. The van der Waals surface area contributed by atoms with Gasteiger partial charge in [-0.1, -0.05) is 30.3 Å². The molecule has 1 fully saturated rings. The Morgan fingerprint density at radius 1 is 1.11 bits per heavy atom. The van der Waals surface area contributed by atoms with E-state index < -0.39 is 35.8 Å². The molecule has 3 N–H and O–H groups in total. The lowest BCUT2D eigenvalue weighted by atomic mass is 9.92. The molecule has 1 aromatic heterocycles. The number of pyridine rings is 1. The van der Waals surface area contributed by atoms with Gasteiger partial charge in [0.15, 0.2) is 0 Å². The number of urea groups is 1. The van der Waals surface area contributed by atoms with E-state index in [1.807, 2.05) is 24.3 Å². The average Bonchev–Trinajstić information content (AvgIpc) is 3.20. The maximum atomic E-state index is 13.0. The first-order valence-corrected chi connectivity index (χ1v) is 8.74. The third-order valence-corrected chi connectivity index (χ3v) is 4.94. The molecule has 2 aromatic rings. The molecule has 1 aromatic carbocycles. The number of hydrogen-bond acceptors (Lipinski definition) is 5. The van der Waals surface area contributed by atoms with Crippen LogP contribution in [0.3, 0.4) is 0 Å². The van der Waals surface area contributed by atoms with E-state index in [1.54, 1.807) is 12.1 Å². The largest absolute Gasteiger partial charge is 0.325 e. The van der Waals surface area contributed by atoms with Crippen LogP contribution in [-0.4, -0.2) is 40.2 Å². The first-order valence-electron chi connectivity index (χ1n) is 8.74. The van der Waals surface area contributed by atoms with Crippen molar-refractivity contribution < 1.29 is 19.2 Å². The van der Waals surface area contributed by atoms with Gasteiger partial charge in [0.1, 0.15) is 17.8 Å². The molecule has 142 valence electrons. The van der Waals surface area contributed by atoms with Gasteiger partial charge in [0.25, 0.3) is 17.7 Å². The number of carbonyl (C=O) groups excluding carboxylic acids is 4. The zero-order chi connectivity index (χ0) is 19.7. The molecule has 0 radical (unpaired) electrons. The number of rotatable bonds is 3. The SMILES string of the molecule is O=C(CN1C(=O)NC2(CCc3ccccc32)C1=O)NNC(=O)c1ccccn1. The van der Waals surface area contributed by atoms with Crippen LogP contribution in [0.1, 0.15) is 28.0 Å². The van der Waals surface area contributed by atoms with E-state index in [-0.39, 0.29) is 5.69 Å². The third kappa shape index (κ3) is 2.86. The maximum absolute atomic E-state index is 13.0. The van der Waals surface area contributed by atoms with Gasteiger partial charge in [-0.05, 0) is 36.1 Å². The second-order valence-electron chi connectivity index (χ2n) is 6.60. The van der Waals surface area contributed by atoms with Crippen LogP contribution >= 0.6 is 0 Å². The van der Waals surface area contributed by atoms with Crippen molar-refractivity contribution in [1.29, 1.82) is 0 Å². The second kappa shape index (κ2) is 6.76. The minimum absolute atomic E-state index is 0.124. The number of benzene rings is 1. The monoisotopic (exact) mass is 379 g/mol. The van der Waals surface area contributed by atoms with Crippen LogP contribution in [0.25, 0.3) is 0 Å². The van der Waals surface area contributed by atoms with Crippen LogP contribution in [-0.2, 0) is 21.5 Å². The Bertz CT molecular complexity index is 977. The van der Waals surface area contributed by atoms with Gasteiger partial charge in [-0.15, -0.1) is 0 Å². The smallest absolute Gasteiger partial charge is 0.319 e. The lowest BCUT2D eigenvalue weighted by molar-refractivity contribution is -0.135. The lowest BCUT2D eigenvalue weighted by Crippen LogP contribution is -2.48. The zero-order valence-electron chi connectivity index (χ0n) is 14.8. The molecule has 1 aliphatic heterocycles. The highest BCUT2D eigenvalue weighted by atomic mass is 16.2. The Kier molecular flexibility index (Phi) is 4.26. The molecule has 2 heterocycles. The van der Waals surface area contributed by atoms with Crippen molar-refractivity contribution in [1.82, 2.24) is 26.1 Å². The Labute approximate surface area is 160 Å². The molecule has 28 heavy (non-hydrogen) atoms. The summed E-state index contributed by atoms with van der Waals surface area (Å²) in [6, 6.07) is 11.6. The first kappa shape index (κ1) is 17.7. The number of aromatic nitrogens is 1. The van der Waals surface area contributed by atoms with E-state index in [0.717, 1.165) is 16.0 Å². The fraction of sp³-hybridized carbons (Fsp3) is 0.211. The number of fused-ring (bicyclic) bond motifs is 2. The van der Waals surface area contributed by atoms with Gasteiger partial charge in [0.2, 0.25) is 0 Å². The molecule has 4 rings (SSSR count). The molecule has 1 atom stereocenters. The Morgan fingerprint density at radius 3 is 2.68 bits per heavy atom. The quantitative estimate of drug-likeness (QED) is 0.521. The number of carbonyl (C=O) groups is 4.